The summed E-state index contributed by atoms with van der Waals surface area (Å²) in [6, 6.07) is 2.33. The highest BCUT2D eigenvalue weighted by Gasteiger charge is 2.04. The molecule has 17 heavy (non-hydrogen) atoms. The molecule has 96 valence electrons. The molecule has 0 aromatic carbocycles. The Balaban J connectivity index is 2.49. The normalized spacial score (nSPS) is 11.2. The van der Waals surface area contributed by atoms with Crippen LogP contribution in [0.2, 0.25) is 0 Å². The van der Waals surface area contributed by atoms with Gasteiger partial charge < -0.3 is 16.0 Å². The molecule has 5 heteroatoms. The summed E-state index contributed by atoms with van der Waals surface area (Å²) >= 11 is 0. The summed E-state index contributed by atoms with van der Waals surface area (Å²) in [5, 5.41) is 3.27. The number of anilines is 2. The van der Waals surface area contributed by atoms with Crippen LogP contribution in [0, 0.1) is 0 Å². The SMILES string of the molecule is CCc1nc(N)cc(NCCN(C)C(C)C)n1. The van der Waals surface area contributed by atoms with E-state index < -0.39 is 0 Å². The van der Waals surface area contributed by atoms with Crippen LogP contribution in [0.4, 0.5) is 11.6 Å². The second kappa shape index (κ2) is 6.39. The zero-order chi connectivity index (χ0) is 12.8. The summed E-state index contributed by atoms with van der Waals surface area (Å²) in [5.41, 5.74) is 5.71. The van der Waals surface area contributed by atoms with E-state index in [-0.39, 0.29) is 0 Å². The van der Waals surface area contributed by atoms with Crippen LogP contribution >= 0.6 is 0 Å². The molecular formula is C12H23N5. The second-order valence-electron chi connectivity index (χ2n) is 4.45. The van der Waals surface area contributed by atoms with Gasteiger partial charge in [-0.25, -0.2) is 9.97 Å². The molecule has 1 rings (SSSR count). The number of nitrogens with one attached hydrogen (secondary N) is 1. The minimum absolute atomic E-state index is 0.525. The summed E-state index contributed by atoms with van der Waals surface area (Å²) in [6.45, 7) is 8.21. The van der Waals surface area contributed by atoms with Crippen LogP contribution in [0.5, 0.6) is 0 Å². The van der Waals surface area contributed by atoms with E-state index >= 15 is 0 Å². The van der Waals surface area contributed by atoms with E-state index in [4.69, 9.17) is 5.73 Å². The first-order valence-corrected chi connectivity index (χ1v) is 6.10. The lowest BCUT2D eigenvalue weighted by atomic mass is 10.3. The molecule has 0 amide bonds. The van der Waals surface area contributed by atoms with E-state index in [2.05, 4.69) is 41.1 Å². The first-order valence-electron chi connectivity index (χ1n) is 6.10. The maximum atomic E-state index is 5.71. The standard InChI is InChI=1S/C12H23N5/c1-5-11-15-10(13)8-12(16-11)14-6-7-17(4)9(2)3/h8-9H,5-7H2,1-4H3,(H3,13,14,15,16). The van der Waals surface area contributed by atoms with Gasteiger partial charge in [0, 0.05) is 31.6 Å². The minimum Gasteiger partial charge on any atom is -0.384 e. The molecule has 0 spiro atoms. The summed E-state index contributed by atoms with van der Waals surface area (Å²) in [7, 11) is 2.11. The number of hydrogen-bond donors (Lipinski definition) is 2. The Kier molecular flexibility index (Phi) is 5.15. The highest BCUT2D eigenvalue weighted by Crippen LogP contribution is 2.08. The van der Waals surface area contributed by atoms with Gasteiger partial charge in [-0.1, -0.05) is 6.92 Å². The molecule has 1 aromatic heterocycles. The molecule has 0 aliphatic heterocycles. The molecule has 0 bridgehead atoms. The van der Waals surface area contributed by atoms with Gasteiger partial charge in [0.2, 0.25) is 0 Å². The van der Waals surface area contributed by atoms with Crippen LogP contribution in [-0.4, -0.2) is 41.0 Å². The van der Waals surface area contributed by atoms with Gasteiger partial charge in [-0.3, -0.25) is 0 Å². The molecule has 0 unspecified atom stereocenters. The Morgan fingerprint density at radius 2 is 2.12 bits per heavy atom. The summed E-state index contributed by atoms with van der Waals surface area (Å²) in [5.74, 6) is 2.12. The van der Waals surface area contributed by atoms with Gasteiger partial charge in [-0.2, -0.15) is 0 Å². The van der Waals surface area contributed by atoms with Crippen molar-refractivity contribution in [2.24, 2.45) is 0 Å². The zero-order valence-corrected chi connectivity index (χ0v) is 11.2. The van der Waals surface area contributed by atoms with E-state index in [1.807, 2.05) is 6.92 Å². The topological polar surface area (TPSA) is 67.1 Å². The van der Waals surface area contributed by atoms with Crippen LogP contribution in [0.3, 0.4) is 0 Å². The predicted octanol–water partition coefficient (Wildman–Crippen LogP) is 1.37. The van der Waals surface area contributed by atoms with Crippen molar-refractivity contribution in [3.8, 4) is 0 Å². The van der Waals surface area contributed by atoms with Gasteiger partial charge in [0.1, 0.15) is 17.5 Å². The summed E-state index contributed by atoms with van der Waals surface area (Å²) in [4.78, 5) is 10.8. The fourth-order valence-electron chi connectivity index (χ4n) is 1.38. The highest BCUT2D eigenvalue weighted by atomic mass is 15.1. The third-order valence-corrected chi connectivity index (χ3v) is 2.76. The average molecular weight is 237 g/mol. The molecule has 0 atom stereocenters. The van der Waals surface area contributed by atoms with Crippen molar-refractivity contribution in [3.63, 3.8) is 0 Å². The van der Waals surface area contributed by atoms with E-state index in [0.717, 1.165) is 31.2 Å². The molecule has 0 radical (unpaired) electrons. The highest BCUT2D eigenvalue weighted by molar-refractivity contribution is 5.44. The van der Waals surface area contributed by atoms with Gasteiger partial charge in [-0.15, -0.1) is 0 Å². The minimum atomic E-state index is 0.525. The number of likely N-dealkylation sites (N-methyl/N-ethyl adjacent to an activating group) is 1. The van der Waals surface area contributed by atoms with Crippen LogP contribution < -0.4 is 11.1 Å². The van der Waals surface area contributed by atoms with E-state index in [9.17, 15) is 0 Å². The van der Waals surface area contributed by atoms with Crippen molar-refractivity contribution in [3.05, 3.63) is 11.9 Å². The Morgan fingerprint density at radius 1 is 1.41 bits per heavy atom. The largest absolute Gasteiger partial charge is 0.384 e. The van der Waals surface area contributed by atoms with Gasteiger partial charge in [0.15, 0.2) is 0 Å². The molecule has 1 heterocycles. The zero-order valence-electron chi connectivity index (χ0n) is 11.2. The molecule has 0 saturated carbocycles. The van der Waals surface area contributed by atoms with E-state index in [0.29, 0.717) is 11.9 Å². The number of nitrogens with two attached hydrogens (primary N) is 1. The average Bonchev–Trinajstić information content (AvgIpc) is 2.27. The lowest BCUT2D eigenvalue weighted by Crippen LogP contribution is -2.31. The van der Waals surface area contributed by atoms with Crippen LogP contribution in [-0.2, 0) is 6.42 Å². The lowest BCUT2D eigenvalue weighted by Gasteiger charge is -2.21. The second-order valence-corrected chi connectivity index (χ2v) is 4.45. The van der Waals surface area contributed by atoms with Crippen LogP contribution in [0.15, 0.2) is 6.07 Å². The lowest BCUT2D eigenvalue weighted by molar-refractivity contribution is 0.284. The predicted molar refractivity (Wildman–Crippen MR) is 72.1 cm³/mol. The Hall–Kier alpha value is -1.36. The molecule has 0 aliphatic rings. The maximum absolute atomic E-state index is 5.71. The molecule has 0 aliphatic carbocycles. The molecule has 3 N–H and O–H groups in total. The van der Waals surface area contributed by atoms with E-state index in [1.54, 1.807) is 6.07 Å². The Labute approximate surface area is 103 Å². The molecule has 0 saturated heterocycles. The number of nitrogens with zero attached hydrogens (tertiary/aromatic N) is 3. The van der Waals surface area contributed by atoms with Crippen molar-refractivity contribution in [2.45, 2.75) is 33.2 Å². The van der Waals surface area contributed by atoms with Crippen molar-refractivity contribution >= 4 is 11.6 Å². The monoisotopic (exact) mass is 237 g/mol. The quantitative estimate of drug-likeness (QED) is 0.782. The summed E-state index contributed by atoms with van der Waals surface area (Å²) < 4.78 is 0. The van der Waals surface area contributed by atoms with Crippen LogP contribution in [0.25, 0.3) is 0 Å². The number of nitrogen functional groups attached to an aromatic ring is 1. The van der Waals surface area contributed by atoms with Gasteiger partial charge in [0.05, 0.1) is 0 Å². The smallest absolute Gasteiger partial charge is 0.132 e. The first kappa shape index (κ1) is 13.7. The van der Waals surface area contributed by atoms with Crippen molar-refractivity contribution in [1.29, 1.82) is 0 Å². The van der Waals surface area contributed by atoms with Crippen molar-refractivity contribution < 1.29 is 0 Å². The van der Waals surface area contributed by atoms with Crippen molar-refractivity contribution in [1.82, 2.24) is 14.9 Å². The number of aryl methyl sites for hydroxylation is 1. The fourth-order valence-corrected chi connectivity index (χ4v) is 1.38. The Morgan fingerprint density at radius 3 is 2.71 bits per heavy atom. The third kappa shape index (κ3) is 4.56. The molecule has 0 fully saturated rings. The first-order chi connectivity index (χ1) is 8.02. The van der Waals surface area contributed by atoms with Crippen LogP contribution in [0.1, 0.15) is 26.6 Å². The van der Waals surface area contributed by atoms with Gasteiger partial charge in [-0.05, 0) is 20.9 Å². The molecule has 1 aromatic rings. The maximum Gasteiger partial charge on any atom is 0.132 e. The molecular weight excluding hydrogens is 214 g/mol. The fraction of sp³-hybridized carbons (Fsp3) is 0.667. The Bertz CT molecular complexity index is 351. The number of hydrogen-bond acceptors (Lipinski definition) is 5. The number of rotatable bonds is 6. The van der Waals surface area contributed by atoms with Crippen molar-refractivity contribution in [2.75, 3.05) is 31.2 Å². The van der Waals surface area contributed by atoms with Gasteiger partial charge in [0.25, 0.3) is 0 Å². The third-order valence-electron chi connectivity index (χ3n) is 2.76. The van der Waals surface area contributed by atoms with E-state index in [1.165, 1.54) is 0 Å². The number of aromatic nitrogens is 2. The van der Waals surface area contributed by atoms with Gasteiger partial charge >= 0.3 is 0 Å². The molecule has 5 nitrogen and oxygen atoms in total. The summed E-state index contributed by atoms with van der Waals surface area (Å²) in [6.07, 6.45) is 0.797.